The lowest BCUT2D eigenvalue weighted by Crippen LogP contribution is -2.41. The van der Waals surface area contributed by atoms with Crippen molar-refractivity contribution < 1.29 is 18.0 Å². The van der Waals surface area contributed by atoms with E-state index in [9.17, 15) is 22.8 Å². The van der Waals surface area contributed by atoms with E-state index in [1.807, 2.05) is 19.1 Å². The first-order chi connectivity index (χ1) is 17.6. The number of carbonyl (C=O) groups is 1. The van der Waals surface area contributed by atoms with Crippen LogP contribution in [0.4, 0.5) is 19.1 Å². The first kappa shape index (κ1) is 26.0. The Morgan fingerprint density at radius 2 is 1.81 bits per heavy atom. The highest BCUT2D eigenvalue weighted by Gasteiger charge is 2.30. The van der Waals surface area contributed by atoms with E-state index in [0.717, 1.165) is 17.7 Å². The molecule has 37 heavy (non-hydrogen) atoms. The largest absolute Gasteiger partial charge is 0.416 e. The van der Waals surface area contributed by atoms with Crippen LogP contribution in [0.25, 0.3) is 0 Å². The SMILES string of the molecule is CC#CCn1c(N[C@@H](C)c2ccc(C(F)(F)F)cc2)nc2c(c1=O)CN(C(=O)c1ccc(C)cc1)CC2. The molecule has 0 aliphatic carbocycles. The lowest BCUT2D eigenvalue weighted by molar-refractivity contribution is -0.137. The molecule has 2 heterocycles. The van der Waals surface area contributed by atoms with Gasteiger partial charge < -0.3 is 10.2 Å². The van der Waals surface area contributed by atoms with Crippen LogP contribution in [-0.2, 0) is 25.7 Å². The molecular formula is C28H27F3N4O2. The molecule has 2 aromatic carbocycles. The summed E-state index contributed by atoms with van der Waals surface area (Å²) in [6, 6.07) is 11.7. The molecular weight excluding hydrogens is 481 g/mol. The molecule has 1 aliphatic heterocycles. The number of anilines is 1. The van der Waals surface area contributed by atoms with Crippen LogP contribution < -0.4 is 10.9 Å². The Kier molecular flexibility index (Phi) is 7.39. The van der Waals surface area contributed by atoms with E-state index in [0.29, 0.717) is 35.3 Å². The molecule has 1 atom stereocenters. The zero-order chi connectivity index (χ0) is 26.7. The number of amides is 1. The van der Waals surface area contributed by atoms with Gasteiger partial charge in [-0.3, -0.25) is 14.2 Å². The second-order valence-electron chi connectivity index (χ2n) is 9.01. The summed E-state index contributed by atoms with van der Waals surface area (Å²) in [5.41, 5.74) is 2.24. The first-order valence-corrected chi connectivity index (χ1v) is 11.9. The average molecular weight is 509 g/mol. The Labute approximate surface area is 213 Å². The molecule has 3 aromatic rings. The molecule has 1 aliphatic rings. The molecule has 192 valence electrons. The zero-order valence-corrected chi connectivity index (χ0v) is 20.8. The minimum absolute atomic E-state index is 0.0869. The lowest BCUT2D eigenvalue weighted by Gasteiger charge is -2.29. The Morgan fingerprint density at radius 1 is 1.14 bits per heavy atom. The summed E-state index contributed by atoms with van der Waals surface area (Å²) in [4.78, 5) is 32.9. The van der Waals surface area contributed by atoms with Gasteiger partial charge in [-0.1, -0.05) is 35.7 Å². The lowest BCUT2D eigenvalue weighted by atomic mass is 10.0. The molecule has 0 radical (unpaired) electrons. The molecule has 6 nitrogen and oxygen atoms in total. The van der Waals surface area contributed by atoms with Crippen LogP contribution in [0.5, 0.6) is 0 Å². The van der Waals surface area contributed by atoms with E-state index in [1.54, 1.807) is 30.9 Å². The number of carbonyl (C=O) groups excluding carboxylic acids is 1. The van der Waals surface area contributed by atoms with Crippen molar-refractivity contribution in [3.8, 4) is 11.8 Å². The summed E-state index contributed by atoms with van der Waals surface area (Å²) >= 11 is 0. The maximum absolute atomic E-state index is 13.5. The van der Waals surface area contributed by atoms with Crippen molar-refractivity contribution in [1.82, 2.24) is 14.5 Å². The minimum atomic E-state index is -4.41. The number of benzene rings is 2. The molecule has 1 N–H and O–H groups in total. The summed E-state index contributed by atoms with van der Waals surface area (Å²) < 4.78 is 40.2. The Balaban J connectivity index is 1.62. The highest BCUT2D eigenvalue weighted by Crippen LogP contribution is 2.30. The average Bonchev–Trinajstić information content (AvgIpc) is 2.88. The van der Waals surface area contributed by atoms with Gasteiger partial charge in [0.2, 0.25) is 5.95 Å². The Morgan fingerprint density at radius 3 is 2.43 bits per heavy atom. The molecule has 1 aromatic heterocycles. The van der Waals surface area contributed by atoms with Gasteiger partial charge in [-0.25, -0.2) is 4.98 Å². The summed E-state index contributed by atoms with van der Waals surface area (Å²) in [5, 5.41) is 3.17. The molecule has 1 amide bonds. The van der Waals surface area contributed by atoms with Crippen molar-refractivity contribution in [1.29, 1.82) is 0 Å². The normalized spacial score (nSPS) is 13.8. The molecule has 0 saturated carbocycles. The van der Waals surface area contributed by atoms with Gasteiger partial charge in [0, 0.05) is 18.5 Å². The third-order valence-corrected chi connectivity index (χ3v) is 6.40. The number of rotatable bonds is 5. The third-order valence-electron chi connectivity index (χ3n) is 6.40. The van der Waals surface area contributed by atoms with Crippen LogP contribution >= 0.6 is 0 Å². The fourth-order valence-electron chi connectivity index (χ4n) is 4.22. The van der Waals surface area contributed by atoms with Gasteiger partial charge >= 0.3 is 6.18 Å². The smallest absolute Gasteiger partial charge is 0.349 e. The van der Waals surface area contributed by atoms with E-state index in [-0.39, 0.29) is 30.5 Å². The van der Waals surface area contributed by atoms with Gasteiger partial charge in [0.25, 0.3) is 11.5 Å². The number of fused-ring (bicyclic) bond motifs is 1. The van der Waals surface area contributed by atoms with E-state index in [4.69, 9.17) is 4.98 Å². The number of halogens is 3. The summed E-state index contributed by atoms with van der Waals surface area (Å²) in [7, 11) is 0. The highest BCUT2D eigenvalue weighted by molar-refractivity contribution is 5.94. The predicted octanol–water partition coefficient (Wildman–Crippen LogP) is 4.97. The number of alkyl halides is 3. The number of hydrogen-bond donors (Lipinski definition) is 1. The van der Waals surface area contributed by atoms with Crippen molar-refractivity contribution in [2.24, 2.45) is 0 Å². The van der Waals surface area contributed by atoms with Crippen LogP contribution in [0, 0.1) is 18.8 Å². The van der Waals surface area contributed by atoms with Gasteiger partial charge in [-0.15, -0.1) is 5.92 Å². The monoisotopic (exact) mass is 508 g/mol. The van der Waals surface area contributed by atoms with Crippen LogP contribution in [0.2, 0.25) is 0 Å². The van der Waals surface area contributed by atoms with E-state index < -0.39 is 17.8 Å². The van der Waals surface area contributed by atoms with Crippen LogP contribution in [-0.4, -0.2) is 26.9 Å². The van der Waals surface area contributed by atoms with Gasteiger partial charge in [0.15, 0.2) is 0 Å². The quantitative estimate of drug-likeness (QED) is 0.495. The van der Waals surface area contributed by atoms with Gasteiger partial charge in [0.05, 0.1) is 36.0 Å². The maximum Gasteiger partial charge on any atom is 0.416 e. The predicted molar refractivity (Wildman–Crippen MR) is 135 cm³/mol. The van der Waals surface area contributed by atoms with Crippen molar-refractivity contribution in [3.63, 3.8) is 0 Å². The van der Waals surface area contributed by atoms with E-state index in [1.165, 1.54) is 16.7 Å². The topological polar surface area (TPSA) is 67.2 Å². The Hall–Kier alpha value is -4.06. The number of nitrogens with zero attached hydrogens (tertiary/aromatic N) is 3. The standard InChI is InChI=1S/C28H27F3N4O2/c1-4-5-15-35-26(37)23-17-34(25(36)21-8-6-18(2)7-9-21)16-14-24(23)33-27(35)32-19(3)20-10-12-22(13-11-20)28(29,30)31/h6-13,19H,14-17H2,1-3H3,(H,32,33)/t19-/m0/s1. The Bertz CT molecular complexity index is 1420. The number of nitrogens with one attached hydrogen (secondary N) is 1. The molecule has 0 spiro atoms. The molecule has 0 fully saturated rings. The molecule has 0 saturated heterocycles. The van der Waals surface area contributed by atoms with Crippen LogP contribution in [0.1, 0.15) is 58.2 Å². The van der Waals surface area contributed by atoms with E-state index in [2.05, 4.69) is 17.2 Å². The second kappa shape index (κ2) is 10.5. The maximum atomic E-state index is 13.5. The van der Waals surface area contributed by atoms with Crippen LogP contribution in [0.15, 0.2) is 53.3 Å². The molecule has 4 rings (SSSR count). The van der Waals surface area contributed by atoms with Crippen molar-refractivity contribution in [3.05, 3.63) is 92.4 Å². The number of aromatic nitrogens is 2. The minimum Gasteiger partial charge on any atom is -0.349 e. The number of aryl methyl sites for hydroxylation is 1. The molecule has 0 unspecified atom stereocenters. The van der Waals surface area contributed by atoms with Gasteiger partial charge in [-0.2, -0.15) is 13.2 Å². The summed E-state index contributed by atoms with van der Waals surface area (Å²) in [5.74, 6) is 5.79. The van der Waals surface area contributed by atoms with Crippen molar-refractivity contribution in [2.75, 3.05) is 11.9 Å². The van der Waals surface area contributed by atoms with Crippen LogP contribution in [0.3, 0.4) is 0 Å². The van der Waals surface area contributed by atoms with Gasteiger partial charge in [0.1, 0.15) is 0 Å². The summed E-state index contributed by atoms with van der Waals surface area (Å²) in [6.45, 7) is 6.04. The van der Waals surface area contributed by atoms with Crippen molar-refractivity contribution >= 4 is 11.9 Å². The fourth-order valence-corrected chi connectivity index (χ4v) is 4.22. The second-order valence-corrected chi connectivity index (χ2v) is 9.01. The molecule has 0 bridgehead atoms. The summed E-state index contributed by atoms with van der Waals surface area (Å²) in [6.07, 6.45) is -4.00. The fraction of sp³-hybridized carbons (Fsp3) is 0.321. The molecule has 9 heteroatoms. The van der Waals surface area contributed by atoms with E-state index >= 15 is 0 Å². The zero-order valence-electron chi connectivity index (χ0n) is 20.8. The van der Waals surface area contributed by atoms with Gasteiger partial charge in [-0.05, 0) is 50.6 Å². The first-order valence-electron chi connectivity index (χ1n) is 11.9. The van der Waals surface area contributed by atoms with Crippen molar-refractivity contribution in [2.45, 2.75) is 52.5 Å². The number of hydrogen-bond acceptors (Lipinski definition) is 4. The third kappa shape index (κ3) is 5.69. The highest BCUT2D eigenvalue weighted by atomic mass is 19.4.